The van der Waals surface area contributed by atoms with E-state index in [1.54, 1.807) is 25.1 Å². The fourth-order valence-corrected chi connectivity index (χ4v) is 5.70. The molecule has 0 aliphatic heterocycles. The number of aliphatic hydroxyl groups excluding tert-OH is 2. The van der Waals surface area contributed by atoms with Crippen LogP contribution in [-0.4, -0.2) is 43.5 Å². The highest BCUT2D eigenvalue weighted by Gasteiger charge is 2.59. The monoisotopic (exact) mass is 479 g/mol. The number of fused-ring (bicyclic) bond motifs is 3. The van der Waals surface area contributed by atoms with Gasteiger partial charge in [-0.3, -0.25) is 14.4 Å². The Balaban J connectivity index is 1.69. The maximum absolute atomic E-state index is 13.8. The normalized spacial score (nSPS) is 25.8. The number of hydrogen-bond donors (Lipinski definition) is 5. The molecular formula is C26H22FNO7. The number of benzene rings is 2. The van der Waals surface area contributed by atoms with Gasteiger partial charge in [0, 0.05) is 17.9 Å². The van der Waals surface area contributed by atoms with Gasteiger partial charge in [0.1, 0.15) is 28.7 Å². The first-order valence-corrected chi connectivity index (χ1v) is 11.1. The third kappa shape index (κ3) is 3.04. The average molecular weight is 479 g/mol. The fraction of sp³-hybridized carbons (Fsp3) is 0.269. The lowest BCUT2D eigenvalue weighted by atomic mass is 9.60. The topological polar surface area (TPSA) is 158 Å². The molecule has 9 heteroatoms. The van der Waals surface area contributed by atoms with E-state index in [-0.39, 0.29) is 42.0 Å². The number of phenols is 1. The van der Waals surface area contributed by atoms with Crippen molar-refractivity contribution >= 4 is 17.5 Å². The molecule has 3 atom stereocenters. The van der Waals surface area contributed by atoms with Crippen molar-refractivity contribution in [2.24, 2.45) is 17.6 Å². The number of nitrogens with two attached hydrogens (primary N) is 1. The Kier molecular flexibility index (Phi) is 4.89. The van der Waals surface area contributed by atoms with Crippen LogP contribution in [0.3, 0.4) is 0 Å². The standard InChI is InChI=1S/C26H22FNO7/c1-10-6-11(2-4-16(10)27)14-3-5-17(29)20-15(14)8-12-7-13-9-18(30)21(25(28)34)24(33)26(13,35)23(32)19(12)22(20)31/h2-6,12-13,29-30,32,35H,7-9H2,1H3,(H2,28,34)/t12-,13+,26+/m1/s1. The number of halogens is 1. The number of hydrogen-bond acceptors (Lipinski definition) is 7. The van der Waals surface area contributed by atoms with Gasteiger partial charge in [-0.15, -0.1) is 0 Å². The number of ketones is 2. The van der Waals surface area contributed by atoms with Crippen LogP contribution in [0.4, 0.5) is 4.39 Å². The first kappa shape index (κ1) is 22.8. The highest BCUT2D eigenvalue weighted by Crippen LogP contribution is 2.52. The van der Waals surface area contributed by atoms with E-state index in [1.165, 1.54) is 12.1 Å². The number of allylic oxidation sites excluding steroid dienone is 2. The van der Waals surface area contributed by atoms with Gasteiger partial charge in [0.25, 0.3) is 5.91 Å². The summed E-state index contributed by atoms with van der Waals surface area (Å²) in [5.41, 5.74) is 3.62. The molecule has 5 rings (SSSR count). The second kappa shape index (κ2) is 7.51. The number of aliphatic hydroxyl groups is 3. The Morgan fingerprint density at radius 3 is 2.49 bits per heavy atom. The number of carbonyl (C=O) groups excluding carboxylic acids is 3. The van der Waals surface area contributed by atoms with Crippen molar-refractivity contribution < 1.29 is 39.2 Å². The molecular weight excluding hydrogens is 457 g/mol. The molecule has 0 radical (unpaired) electrons. The van der Waals surface area contributed by atoms with E-state index >= 15 is 0 Å². The van der Waals surface area contributed by atoms with Crippen molar-refractivity contribution in [2.45, 2.75) is 31.8 Å². The van der Waals surface area contributed by atoms with Gasteiger partial charge in [-0.2, -0.15) is 0 Å². The predicted octanol–water partition coefficient (Wildman–Crippen LogP) is 2.70. The number of rotatable bonds is 2. The van der Waals surface area contributed by atoms with E-state index in [0.29, 0.717) is 22.3 Å². The number of aryl methyl sites for hydroxylation is 1. The van der Waals surface area contributed by atoms with Crippen molar-refractivity contribution in [1.82, 2.24) is 0 Å². The second-order valence-electron chi connectivity index (χ2n) is 9.36. The van der Waals surface area contributed by atoms with E-state index in [9.17, 15) is 39.2 Å². The molecule has 180 valence electrons. The third-order valence-electron chi connectivity index (χ3n) is 7.41. The molecule has 1 amide bonds. The SMILES string of the molecule is Cc1cc(-c2ccc(O)c3c2C[C@H]2C[C@H]4CC(O)=C(C(N)=O)C(=O)[C@@]4(O)C(O)=C2C3=O)ccc1F. The third-order valence-corrected chi connectivity index (χ3v) is 7.41. The number of amides is 1. The van der Waals surface area contributed by atoms with Crippen LogP contribution >= 0.6 is 0 Å². The minimum Gasteiger partial charge on any atom is -0.511 e. The molecule has 0 saturated carbocycles. The lowest BCUT2D eigenvalue weighted by Gasteiger charge is -2.45. The van der Waals surface area contributed by atoms with Crippen molar-refractivity contribution in [3.63, 3.8) is 0 Å². The molecule has 0 unspecified atom stereocenters. The minimum atomic E-state index is -2.60. The fourth-order valence-electron chi connectivity index (χ4n) is 5.70. The Labute approximate surface area is 198 Å². The Morgan fingerprint density at radius 2 is 1.83 bits per heavy atom. The summed E-state index contributed by atoms with van der Waals surface area (Å²) in [5.74, 6) is -7.12. The van der Waals surface area contributed by atoms with Crippen LogP contribution in [0.25, 0.3) is 11.1 Å². The Hall–Kier alpha value is -3.98. The Morgan fingerprint density at radius 1 is 1.11 bits per heavy atom. The second-order valence-corrected chi connectivity index (χ2v) is 9.36. The van der Waals surface area contributed by atoms with E-state index in [4.69, 9.17) is 5.73 Å². The molecule has 0 spiro atoms. The summed E-state index contributed by atoms with van der Waals surface area (Å²) in [4.78, 5) is 38.3. The summed E-state index contributed by atoms with van der Waals surface area (Å²) in [6.45, 7) is 1.61. The van der Waals surface area contributed by atoms with Crippen LogP contribution in [0.2, 0.25) is 0 Å². The quantitative estimate of drug-likeness (QED) is 0.414. The van der Waals surface area contributed by atoms with Crippen LogP contribution in [0, 0.1) is 24.6 Å². The van der Waals surface area contributed by atoms with Gasteiger partial charge in [-0.25, -0.2) is 4.39 Å². The van der Waals surface area contributed by atoms with Crippen molar-refractivity contribution in [2.75, 3.05) is 0 Å². The number of Topliss-reactive ketones (excluding diaryl/α,β-unsaturated/α-hetero) is 2. The van der Waals surface area contributed by atoms with Crippen molar-refractivity contribution in [3.05, 3.63) is 75.5 Å². The van der Waals surface area contributed by atoms with Crippen LogP contribution in [0.1, 0.15) is 34.3 Å². The van der Waals surface area contributed by atoms with Crippen molar-refractivity contribution in [3.8, 4) is 16.9 Å². The molecule has 0 heterocycles. The predicted molar refractivity (Wildman–Crippen MR) is 121 cm³/mol. The van der Waals surface area contributed by atoms with Crippen LogP contribution in [0.5, 0.6) is 5.75 Å². The summed E-state index contributed by atoms with van der Waals surface area (Å²) in [7, 11) is 0. The van der Waals surface area contributed by atoms with Crippen molar-refractivity contribution in [1.29, 1.82) is 0 Å². The Bertz CT molecular complexity index is 1420. The van der Waals surface area contributed by atoms with E-state index in [1.807, 2.05) is 0 Å². The lowest BCUT2D eigenvalue weighted by molar-refractivity contribution is -0.144. The van der Waals surface area contributed by atoms with Gasteiger partial charge in [0.15, 0.2) is 11.4 Å². The van der Waals surface area contributed by atoms with E-state index < -0.39 is 52.0 Å². The number of primary amides is 1. The number of phenolic OH excluding ortho intramolecular Hbond substituents is 1. The van der Waals surface area contributed by atoms with Gasteiger partial charge >= 0.3 is 0 Å². The van der Waals surface area contributed by atoms with Gasteiger partial charge in [-0.1, -0.05) is 12.1 Å². The summed E-state index contributed by atoms with van der Waals surface area (Å²) in [6, 6.07) is 7.45. The van der Waals surface area contributed by atoms with Gasteiger partial charge in [0.2, 0.25) is 5.78 Å². The van der Waals surface area contributed by atoms with E-state index in [2.05, 4.69) is 0 Å². The smallest absolute Gasteiger partial charge is 0.255 e. The zero-order chi connectivity index (χ0) is 25.4. The molecule has 0 fully saturated rings. The number of aromatic hydroxyl groups is 1. The molecule has 0 aromatic heterocycles. The summed E-state index contributed by atoms with van der Waals surface area (Å²) in [5, 5.41) is 43.1. The zero-order valence-electron chi connectivity index (χ0n) is 18.6. The average Bonchev–Trinajstić information content (AvgIpc) is 2.78. The highest BCUT2D eigenvalue weighted by atomic mass is 19.1. The highest BCUT2D eigenvalue weighted by molar-refractivity contribution is 6.24. The maximum Gasteiger partial charge on any atom is 0.255 e. The summed E-state index contributed by atoms with van der Waals surface area (Å²) >= 11 is 0. The lowest BCUT2D eigenvalue weighted by Crippen LogP contribution is -2.57. The van der Waals surface area contributed by atoms with Gasteiger partial charge < -0.3 is 26.2 Å². The molecule has 0 bridgehead atoms. The molecule has 0 saturated heterocycles. The molecule has 35 heavy (non-hydrogen) atoms. The molecule has 3 aliphatic carbocycles. The molecule has 6 N–H and O–H groups in total. The molecule has 3 aliphatic rings. The largest absolute Gasteiger partial charge is 0.511 e. The molecule has 2 aromatic rings. The van der Waals surface area contributed by atoms with E-state index in [0.717, 1.165) is 0 Å². The van der Waals surface area contributed by atoms with Crippen LogP contribution in [0.15, 0.2) is 53.0 Å². The molecule has 2 aromatic carbocycles. The minimum absolute atomic E-state index is 0.0421. The first-order valence-electron chi connectivity index (χ1n) is 11.1. The number of carbonyl (C=O) groups is 3. The first-order chi connectivity index (χ1) is 16.5. The summed E-state index contributed by atoms with van der Waals surface area (Å²) in [6.07, 6.45) is -0.0749. The maximum atomic E-state index is 13.8. The summed E-state index contributed by atoms with van der Waals surface area (Å²) < 4.78 is 13.8. The zero-order valence-corrected chi connectivity index (χ0v) is 18.6. The van der Waals surface area contributed by atoms with Crippen LogP contribution in [-0.2, 0) is 16.0 Å². The van der Waals surface area contributed by atoms with Gasteiger partial charge in [-0.05, 0) is 66.1 Å². The van der Waals surface area contributed by atoms with Gasteiger partial charge in [0.05, 0.1) is 5.56 Å². The van der Waals surface area contributed by atoms with Crippen LogP contribution < -0.4 is 5.73 Å². The molecule has 8 nitrogen and oxygen atoms in total.